The lowest BCUT2D eigenvalue weighted by atomic mass is 9.80. The number of hydrogen-bond acceptors (Lipinski definition) is 2. The van der Waals surface area contributed by atoms with E-state index in [4.69, 9.17) is 0 Å². The number of amides is 2. The summed E-state index contributed by atoms with van der Waals surface area (Å²) in [6.45, 7) is 1.74. The summed E-state index contributed by atoms with van der Waals surface area (Å²) in [5, 5.41) is 3.23. The third-order valence-electron chi connectivity index (χ3n) is 5.71. The van der Waals surface area contributed by atoms with Crippen molar-refractivity contribution in [1.82, 2.24) is 10.2 Å². The zero-order valence-electron chi connectivity index (χ0n) is 14.1. The van der Waals surface area contributed by atoms with E-state index < -0.39 is 0 Å². The molecule has 0 bridgehead atoms. The van der Waals surface area contributed by atoms with Crippen LogP contribution < -0.4 is 5.32 Å². The molecule has 0 aromatic rings. The standard InChI is InChI=1S/C19H30N2O2/c22-18(20-15-9-3-1-4-10-15)16-11-5-6-12-17(16)19(23)21-13-7-2-8-14-21/h5-6,15-17H,1-4,7-14H2,(H,20,22). The minimum absolute atomic E-state index is 0.108. The predicted octanol–water partition coefficient (Wildman–Crippen LogP) is 3.03. The normalized spacial score (nSPS) is 29.3. The van der Waals surface area contributed by atoms with E-state index in [0.717, 1.165) is 45.2 Å². The zero-order valence-corrected chi connectivity index (χ0v) is 14.1. The first kappa shape index (κ1) is 16.5. The molecule has 0 aromatic carbocycles. The average Bonchev–Trinajstić information content (AvgIpc) is 2.62. The molecule has 1 saturated carbocycles. The Hall–Kier alpha value is -1.32. The first-order chi connectivity index (χ1) is 11.3. The van der Waals surface area contributed by atoms with Gasteiger partial charge >= 0.3 is 0 Å². The molecule has 2 fully saturated rings. The summed E-state index contributed by atoms with van der Waals surface area (Å²) >= 11 is 0. The van der Waals surface area contributed by atoms with Gasteiger partial charge in [0.05, 0.1) is 11.8 Å². The lowest BCUT2D eigenvalue weighted by molar-refractivity contribution is -0.143. The molecule has 0 aromatic heterocycles. The lowest BCUT2D eigenvalue weighted by Crippen LogP contribution is -2.48. The summed E-state index contributed by atoms with van der Waals surface area (Å²) in [6.07, 6.45) is 14.9. The van der Waals surface area contributed by atoms with E-state index in [2.05, 4.69) is 17.5 Å². The first-order valence-corrected chi connectivity index (χ1v) is 9.50. The van der Waals surface area contributed by atoms with Crippen LogP contribution in [0.4, 0.5) is 0 Å². The van der Waals surface area contributed by atoms with Crippen LogP contribution in [-0.2, 0) is 9.59 Å². The van der Waals surface area contributed by atoms with Crippen LogP contribution in [-0.4, -0.2) is 35.8 Å². The number of carbonyl (C=O) groups excluding carboxylic acids is 2. The number of carbonyl (C=O) groups is 2. The summed E-state index contributed by atoms with van der Waals surface area (Å²) in [5.74, 6) is -0.00695. The Morgan fingerprint density at radius 2 is 1.43 bits per heavy atom. The summed E-state index contributed by atoms with van der Waals surface area (Å²) in [5.41, 5.74) is 0. The van der Waals surface area contributed by atoms with Gasteiger partial charge in [0.2, 0.25) is 11.8 Å². The largest absolute Gasteiger partial charge is 0.353 e. The van der Waals surface area contributed by atoms with E-state index in [1.807, 2.05) is 4.90 Å². The molecule has 0 radical (unpaired) electrons. The highest BCUT2D eigenvalue weighted by molar-refractivity contribution is 5.88. The zero-order chi connectivity index (χ0) is 16.1. The maximum atomic E-state index is 12.9. The molecule has 23 heavy (non-hydrogen) atoms. The molecule has 128 valence electrons. The minimum atomic E-state index is -0.170. The molecule has 1 aliphatic heterocycles. The molecule has 0 spiro atoms. The van der Waals surface area contributed by atoms with Gasteiger partial charge < -0.3 is 10.2 Å². The Balaban J connectivity index is 1.62. The molecule has 1 N–H and O–H groups in total. The van der Waals surface area contributed by atoms with Crippen LogP contribution in [0.3, 0.4) is 0 Å². The monoisotopic (exact) mass is 318 g/mol. The van der Waals surface area contributed by atoms with Crippen LogP contribution in [0.2, 0.25) is 0 Å². The van der Waals surface area contributed by atoms with Crippen LogP contribution in [0.1, 0.15) is 64.2 Å². The van der Waals surface area contributed by atoms with Gasteiger partial charge in [-0.05, 0) is 44.9 Å². The number of nitrogens with zero attached hydrogens (tertiary/aromatic N) is 1. The fraction of sp³-hybridized carbons (Fsp3) is 0.789. The van der Waals surface area contributed by atoms with E-state index >= 15 is 0 Å². The topological polar surface area (TPSA) is 49.4 Å². The van der Waals surface area contributed by atoms with Gasteiger partial charge in [-0.3, -0.25) is 9.59 Å². The fourth-order valence-corrected chi connectivity index (χ4v) is 4.28. The van der Waals surface area contributed by atoms with Gasteiger partial charge in [-0.25, -0.2) is 0 Å². The maximum Gasteiger partial charge on any atom is 0.226 e. The van der Waals surface area contributed by atoms with Gasteiger partial charge in [0, 0.05) is 19.1 Å². The molecule has 4 heteroatoms. The molecule has 1 saturated heterocycles. The fourth-order valence-electron chi connectivity index (χ4n) is 4.28. The summed E-state index contributed by atoms with van der Waals surface area (Å²) < 4.78 is 0. The molecule has 2 atom stereocenters. The highest BCUT2D eigenvalue weighted by Gasteiger charge is 2.37. The lowest BCUT2D eigenvalue weighted by Gasteiger charge is -2.35. The molecule has 3 aliphatic rings. The van der Waals surface area contributed by atoms with Crippen molar-refractivity contribution in [2.24, 2.45) is 11.8 Å². The smallest absolute Gasteiger partial charge is 0.226 e. The van der Waals surface area contributed by atoms with Gasteiger partial charge in [-0.2, -0.15) is 0 Å². The van der Waals surface area contributed by atoms with E-state index in [1.165, 1.54) is 25.7 Å². The molecular formula is C19H30N2O2. The van der Waals surface area contributed by atoms with Crippen LogP contribution in [0.25, 0.3) is 0 Å². The van der Waals surface area contributed by atoms with E-state index in [-0.39, 0.29) is 23.7 Å². The molecule has 2 unspecified atom stereocenters. The Labute approximate surface area is 139 Å². The van der Waals surface area contributed by atoms with E-state index in [0.29, 0.717) is 12.5 Å². The van der Waals surface area contributed by atoms with Crippen LogP contribution in [0.15, 0.2) is 12.2 Å². The molecule has 1 heterocycles. The quantitative estimate of drug-likeness (QED) is 0.813. The van der Waals surface area contributed by atoms with E-state index in [9.17, 15) is 9.59 Å². The van der Waals surface area contributed by atoms with Gasteiger partial charge in [0.15, 0.2) is 0 Å². The van der Waals surface area contributed by atoms with Crippen molar-refractivity contribution in [2.45, 2.75) is 70.3 Å². The Kier molecular flexibility index (Phi) is 5.74. The van der Waals surface area contributed by atoms with Gasteiger partial charge in [0.25, 0.3) is 0 Å². The number of piperidine rings is 1. The van der Waals surface area contributed by atoms with E-state index in [1.54, 1.807) is 0 Å². The Bertz CT molecular complexity index is 448. The van der Waals surface area contributed by atoms with Crippen molar-refractivity contribution in [2.75, 3.05) is 13.1 Å². The summed E-state index contributed by atoms with van der Waals surface area (Å²) in [6, 6.07) is 0.327. The third-order valence-corrected chi connectivity index (χ3v) is 5.71. The number of allylic oxidation sites excluding steroid dienone is 2. The third kappa shape index (κ3) is 4.15. The second kappa shape index (κ2) is 7.98. The minimum Gasteiger partial charge on any atom is -0.353 e. The van der Waals surface area contributed by atoms with Crippen molar-refractivity contribution < 1.29 is 9.59 Å². The first-order valence-electron chi connectivity index (χ1n) is 9.50. The van der Waals surface area contributed by atoms with Crippen LogP contribution in [0, 0.1) is 11.8 Å². The molecule has 3 rings (SSSR count). The highest BCUT2D eigenvalue weighted by Crippen LogP contribution is 2.29. The highest BCUT2D eigenvalue weighted by atomic mass is 16.2. The number of likely N-dealkylation sites (tertiary alicyclic amines) is 1. The van der Waals surface area contributed by atoms with Gasteiger partial charge in [-0.15, -0.1) is 0 Å². The van der Waals surface area contributed by atoms with Crippen molar-refractivity contribution in [3.05, 3.63) is 12.2 Å². The van der Waals surface area contributed by atoms with Crippen molar-refractivity contribution >= 4 is 11.8 Å². The van der Waals surface area contributed by atoms with Gasteiger partial charge in [-0.1, -0.05) is 31.4 Å². The number of hydrogen-bond donors (Lipinski definition) is 1. The molecule has 2 amide bonds. The summed E-state index contributed by atoms with van der Waals surface area (Å²) in [7, 11) is 0. The Morgan fingerprint density at radius 3 is 2.13 bits per heavy atom. The maximum absolute atomic E-state index is 12.9. The van der Waals surface area contributed by atoms with Crippen LogP contribution >= 0.6 is 0 Å². The predicted molar refractivity (Wildman–Crippen MR) is 90.8 cm³/mol. The van der Waals surface area contributed by atoms with Crippen LogP contribution in [0.5, 0.6) is 0 Å². The number of rotatable bonds is 3. The second-order valence-electron chi connectivity index (χ2n) is 7.39. The Morgan fingerprint density at radius 1 is 0.826 bits per heavy atom. The SMILES string of the molecule is O=C(NC1CCCCC1)C1CC=CCC1C(=O)N1CCCCC1. The van der Waals surface area contributed by atoms with Crippen molar-refractivity contribution in [3.63, 3.8) is 0 Å². The van der Waals surface area contributed by atoms with Crippen molar-refractivity contribution in [1.29, 1.82) is 0 Å². The van der Waals surface area contributed by atoms with Gasteiger partial charge in [0.1, 0.15) is 0 Å². The number of nitrogens with one attached hydrogen (secondary N) is 1. The molecular weight excluding hydrogens is 288 g/mol. The molecule has 4 nitrogen and oxygen atoms in total. The average molecular weight is 318 g/mol. The van der Waals surface area contributed by atoms with Crippen molar-refractivity contribution in [3.8, 4) is 0 Å². The second-order valence-corrected chi connectivity index (χ2v) is 7.39. The summed E-state index contributed by atoms with van der Waals surface area (Å²) in [4.78, 5) is 27.6. The molecule has 2 aliphatic carbocycles.